The highest BCUT2D eigenvalue weighted by molar-refractivity contribution is 7.91. The van der Waals surface area contributed by atoms with Gasteiger partial charge < -0.3 is 15.5 Å². The first-order valence-electron chi connectivity index (χ1n) is 5.73. The van der Waals surface area contributed by atoms with Crippen molar-refractivity contribution in [1.82, 2.24) is 9.97 Å². The molecule has 0 aliphatic carbocycles. The fourth-order valence-corrected chi connectivity index (χ4v) is 4.25. The van der Waals surface area contributed by atoms with Crippen LogP contribution < -0.4 is 21.3 Å². The van der Waals surface area contributed by atoms with E-state index in [-0.39, 0.29) is 11.5 Å². The molecular formula is C10H17N5O3S. The third kappa shape index (κ3) is 2.87. The minimum absolute atomic E-state index is 0.0680. The molecule has 1 aromatic rings. The molecule has 1 aliphatic rings. The van der Waals surface area contributed by atoms with Crippen LogP contribution in [0.2, 0.25) is 0 Å². The summed E-state index contributed by atoms with van der Waals surface area (Å²) in [5.74, 6) is 6.69. The Morgan fingerprint density at radius 2 is 2.11 bits per heavy atom. The maximum absolute atomic E-state index is 11.6. The van der Waals surface area contributed by atoms with Crippen molar-refractivity contribution in [2.24, 2.45) is 5.84 Å². The predicted octanol–water partition coefficient (Wildman–Crippen LogP) is -0.240. The Hall–Kier alpha value is -1.61. The SMILES string of the molecule is COc1c(NN)ncnc1NC1(C)CCS(=O)(=O)C1. The molecule has 1 unspecified atom stereocenters. The van der Waals surface area contributed by atoms with Gasteiger partial charge in [0.1, 0.15) is 6.33 Å². The van der Waals surface area contributed by atoms with Crippen molar-refractivity contribution >= 4 is 21.5 Å². The highest BCUT2D eigenvalue weighted by Gasteiger charge is 2.39. The lowest BCUT2D eigenvalue weighted by Gasteiger charge is -2.25. The molecule has 106 valence electrons. The fourth-order valence-electron chi connectivity index (χ4n) is 2.15. The lowest BCUT2D eigenvalue weighted by molar-refractivity contribution is 0.412. The van der Waals surface area contributed by atoms with E-state index in [1.165, 1.54) is 13.4 Å². The van der Waals surface area contributed by atoms with Gasteiger partial charge in [0.15, 0.2) is 21.5 Å². The summed E-state index contributed by atoms with van der Waals surface area (Å²) in [6.07, 6.45) is 1.85. The van der Waals surface area contributed by atoms with Crippen LogP contribution >= 0.6 is 0 Å². The minimum atomic E-state index is -3.00. The number of sulfone groups is 1. The van der Waals surface area contributed by atoms with Crippen molar-refractivity contribution in [3.05, 3.63) is 6.33 Å². The first-order chi connectivity index (χ1) is 8.89. The monoisotopic (exact) mass is 287 g/mol. The number of hydrogen-bond acceptors (Lipinski definition) is 8. The van der Waals surface area contributed by atoms with E-state index in [0.29, 0.717) is 23.8 Å². The lowest BCUT2D eigenvalue weighted by atomic mass is 10.0. The number of nitrogens with one attached hydrogen (secondary N) is 2. The van der Waals surface area contributed by atoms with E-state index < -0.39 is 15.4 Å². The largest absolute Gasteiger partial charge is 0.490 e. The number of methoxy groups -OCH3 is 1. The Morgan fingerprint density at radius 1 is 1.42 bits per heavy atom. The van der Waals surface area contributed by atoms with Crippen LogP contribution in [-0.2, 0) is 9.84 Å². The lowest BCUT2D eigenvalue weighted by Crippen LogP contribution is -2.36. The zero-order valence-corrected chi connectivity index (χ0v) is 11.6. The number of anilines is 2. The number of aromatic nitrogens is 2. The van der Waals surface area contributed by atoms with Gasteiger partial charge in [0.2, 0.25) is 5.75 Å². The maximum Gasteiger partial charge on any atom is 0.205 e. The summed E-state index contributed by atoms with van der Waals surface area (Å²) in [4.78, 5) is 8.00. The van der Waals surface area contributed by atoms with Crippen LogP contribution in [0.15, 0.2) is 6.33 Å². The Kier molecular flexibility index (Phi) is 3.50. The molecule has 0 saturated carbocycles. The zero-order valence-electron chi connectivity index (χ0n) is 10.8. The molecule has 2 heterocycles. The quantitative estimate of drug-likeness (QED) is 0.513. The van der Waals surface area contributed by atoms with Crippen LogP contribution in [-0.4, -0.2) is 42.5 Å². The van der Waals surface area contributed by atoms with Gasteiger partial charge in [-0.2, -0.15) is 0 Å². The second-order valence-corrected chi connectivity index (χ2v) is 6.96. The summed E-state index contributed by atoms with van der Waals surface area (Å²) in [6, 6.07) is 0. The van der Waals surface area contributed by atoms with E-state index in [9.17, 15) is 8.42 Å². The molecule has 1 aliphatic heterocycles. The summed E-state index contributed by atoms with van der Waals surface area (Å²) < 4.78 is 28.4. The van der Waals surface area contributed by atoms with E-state index >= 15 is 0 Å². The van der Waals surface area contributed by atoms with Gasteiger partial charge in [-0.25, -0.2) is 24.2 Å². The van der Waals surface area contributed by atoms with Gasteiger partial charge >= 0.3 is 0 Å². The average Bonchev–Trinajstić information content (AvgIpc) is 2.63. The molecule has 1 atom stereocenters. The number of nitrogens with zero attached hydrogens (tertiary/aromatic N) is 2. The summed E-state index contributed by atoms with van der Waals surface area (Å²) in [6.45, 7) is 1.84. The van der Waals surface area contributed by atoms with Gasteiger partial charge in [-0.3, -0.25) is 0 Å². The van der Waals surface area contributed by atoms with E-state index in [4.69, 9.17) is 10.6 Å². The highest BCUT2D eigenvalue weighted by atomic mass is 32.2. The summed E-state index contributed by atoms with van der Waals surface area (Å²) in [5.41, 5.74) is 1.84. The fraction of sp³-hybridized carbons (Fsp3) is 0.600. The molecule has 4 N–H and O–H groups in total. The standard InChI is InChI=1S/C10H17N5O3S/c1-10(3-4-19(16,17)5-10)14-8-7(18-2)9(15-11)13-6-12-8/h6H,3-5,11H2,1-2H3,(H2,12,13,14,15). The molecule has 0 spiro atoms. The van der Waals surface area contributed by atoms with E-state index in [0.717, 1.165) is 0 Å². The van der Waals surface area contributed by atoms with Gasteiger partial charge in [0.25, 0.3) is 0 Å². The van der Waals surface area contributed by atoms with E-state index in [2.05, 4.69) is 20.7 Å². The maximum atomic E-state index is 11.6. The molecule has 1 saturated heterocycles. The molecule has 1 fully saturated rings. The van der Waals surface area contributed by atoms with E-state index in [1.54, 1.807) is 0 Å². The molecule has 2 rings (SSSR count). The first kappa shape index (κ1) is 13.8. The van der Waals surface area contributed by atoms with Gasteiger partial charge in [-0.05, 0) is 13.3 Å². The van der Waals surface area contributed by atoms with Crippen LogP contribution in [0.3, 0.4) is 0 Å². The van der Waals surface area contributed by atoms with Crippen molar-refractivity contribution in [3.8, 4) is 5.75 Å². The molecule has 9 heteroatoms. The molecule has 1 aromatic heterocycles. The number of ether oxygens (including phenoxy) is 1. The van der Waals surface area contributed by atoms with Crippen LogP contribution in [0.5, 0.6) is 5.75 Å². The molecule has 0 bridgehead atoms. The number of rotatable bonds is 4. The third-order valence-corrected chi connectivity index (χ3v) is 4.97. The topological polar surface area (TPSA) is 119 Å². The number of hydrazine groups is 1. The zero-order chi connectivity index (χ0) is 14.1. The summed E-state index contributed by atoms with van der Waals surface area (Å²) >= 11 is 0. The highest BCUT2D eigenvalue weighted by Crippen LogP contribution is 2.33. The van der Waals surface area contributed by atoms with Crippen LogP contribution in [0, 0.1) is 0 Å². The average molecular weight is 287 g/mol. The molecule has 0 amide bonds. The van der Waals surface area contributed by atoms with Crippen molar-refractivity contribution in [3.63, 3.8) is 0 Å². The van der Waals surface area contributed by atoms with Crippen LogP contribution in [0.25, 0.3) is 0 Å². The minimum Gasteiger partial charge on any atom is -0.490 e. The number of hydrogen-bond donors (Lipinski definition) is 3. The predicted molar refractivity (Wildman–Crippen MR) is 71.7 cm³/mol. The van der Waals surface area contributed by atoms with Gasteiger partial charge in [0.05, 0.1) is 24.2 Å². The number of nitrogen functional groups attached to an aromatic ring is 1. The van der Waals surface area contributed by atoms with Crippen LogP contribution in [0.4, 0.5) is 11.6 Å². The van der Waals surface area contributed by atoms with Crippen molar-refractivity contribution < 1.29 is 13.2 Å². The Labute approximate surface area is 111 Å². The van der Waals surface area contributed by atoms with Crippen molar-refractivity contribution in [2.75, 3.05) is 29.4 Å². The number of nitrogens with two attached hydrogens (primary N) is 1. The Balaban J connectivity index is 2.29. The molecule has 8 nitrogen and oxygen atoms in total. The smallest absolute Gasteiger partial charge is 0.205 e. The molecular weight excluding hydrogens is 270 g/mol. The van der Waals surface area contributed by atoms with Gasteiger partial charge in [-0.15, -0.1) is 0 Å². The van der Waals surface area contributed by atoms with E-state index in [1.807, 2.05) is 6.92 Å². The van der Waals surface area contributed by atoms with Gasteiger partial charge in [-0.1, -0.05) is 0 Å². The molecule has 0 radical (unpaired) electrons. The second-order valence-electron chi connectivity index (χ2n) is 4.78. The van der Waals surface area contributed by atoms with Crippen molar-refractivity contribution in [2.45, 2.75) is 18.9 Å². The summed E-state index contributed by atoms with van der Waals surface area (Å²) in [5, 5.41) is 3.12. The molecule has 0 aromatic carbocycles. The van der Waals surface area contributed by atoms with Crippen LogP contribution in [0.1, 0.15) is 13.3 Å². The Morgan fingerprint density at radius 3 is 2.63 bits per heavy atom. The van der Waals surface area contributed by atoms with Gasteiger partial charge in [0, 0.05) is 0 Å². The summed E-state index contributed by atoms with van der Waals surface area (Å²) in [7, 11) is -1.53. The molecule has 19 heavy (non-hydrogen) atoms. The normalized spacial score (nSPS) is 25.0. The third-order valence-electron chi connectivity index (χ3n) is 3.07. The first-order valence-corrected chi connectivity index (χ1v) is 7.55. The van der Waals surface area contributed by atoms with Crippen molar-refractivity contribution in [1.29, 1.82) is 0 Å². The Bertz CT molecular complexity index is 577. The second kappa shape index (κ2) is 4.82.